The molecule has 1 amide bonds. The minimum atomic E-state index is -0.469. The van der Waals surface area contributed by atoms with Crippen LogP contribution in [-0.2, 0) is 13.0 Å². The first-order valence-electron chi connectivity index (χ1n) is 8.71. The van der Waals surface area contributed by atoms with Crippen molar-refractivity contribution in [2.75, 3.05) is 6.54 Å². The normalized spacial score (nSPS) is 13.3. The third-order valence-electron chi connectivity index (χ3n) is 4.88. The van der Waals surface area contributed by atoms with E-state index in [1.54, 1.807) is 24.0 Å². The number of hydrogen-bond acceptors (Lipinski definition) is 5. The summed E-state index contributed by atoms with van der Waals surface area (Å²) in [6.45, 7) is 2.36. The van der Waals surface area contributed by atoms with E-state index in [2.05, 4.69) is 5.16 Å². The number of halogens is 1. The zero-order chi connectivity index (χ0) is 19.8. The second-order valence-electron chi connectivity index (χ2n) is 6.68. The lowest BCUT2D eigenvalue weighted by molar-refractivity contribution is -0.385. The van der Waals surface area contributed by atoms with Crippen LogP contribution < -0.4 is 0 Å². The number of hydrogen-bond donors (Lipinski definition) is 0. The van der Waals surface area contributed by atoms with Gasteiger partial charge in [-0.3, -0.25) is 14.9 Å². The first-order chi connectivity index (χ1) is 13.4. The average molecular weight is 381 g/mol. The Hall–Kier alpha value is -3.55. The van der Waals surface area contributed by atoms with Crippen LogP contribution in [0.2, 0.25) is 0 Å². The van der Waals surface area contributed by atoms with E-state index in [0.717, 1.165) is 11.1 Å². The lowest BCUT2D eigenvalue weighted by Gasteiger charge is -2.26. The van der Waals surface area contributed by atoms with Crippen LogP contribution >= 0.6 is 0 Å². The van der Waals surface area contributed by atoms with Crippen LogP contribution in [0.4, 0.5) is 10.1 Å². The van der Waals surface area contributed by atoms with Gasteiger partial charge in [0.1, 0.15) is 11.5 Å². The fourth-order valence-electron chi connectivity index (χ4n) is 3.41. The SMILES string of the molecule is Cc1cc(C(=O)N2CCc3c(noc3-c3ccc(F)cc3)C2)ccc1[N+](=O)[O-]. The predicted molar refractivity (Wildman–Crippen MR) is 98.2 cm³/mol. The molecule has 0 saturated carbocycles. The molecule has 0 bridgehead atoms. The van der Waals surface area contributed by atoms with Gasteiger partial charge in [0.05, 0.1) is 11.5 Å². The van der Waals surface area contributed by atoms with Gasteiger partial charge in [-0.1, -0.05) is 5.16 Å². The van der Waals surface area contributed by atoms with Gasteiger partial charge in [-0.25, -0.2) is 4.39 Å². The van der Waals surface area contributed by atoms with Crippen LogP contribution in [-0.4, -0.2) is 27.4 Å². The number of aryl methyl sites for hydroxylation is 1. The minimum Gasteiger partial charge on any atom is -0.356 e. The summed E-state index contributed by atoms with van der Waals surface area (Å²) in [4.78, 5) is 24.9. The van der Waals surface area contributed by atoms with Gasteiger partial charge in [0.2, 0.25) is 0 Å². The highest BCUT2D eigenvalue weighted by Crippen LogP contribution is 2.31. The molecule has 0 spiro atoms. The minimum absolute atomic E-state index is 0.0158. The Bertz CT molecular complexity index is 1080. The van der Waals surface area contributed by atoms with Crippen molar-refractivity contribution in [3.63, 3.8) is 0 Å². The molecule has 0 radical (unpaired) electrons. The Morgan fingerprint density at radius 2 is 2.00 bits per heavy atom. The number of carbonyl (C=O) groups excluding carboxylic acids is 1. The molecule has 0 fully saturated rings. The molecule has 0 N–H and O–H groups in total. The van der Waals surface area contributed by atoms with Gasteiger partial charge in [-0.15, -0.1) is 0 Å². The van der Waals surface area contributed by atoms with Crippen LogP contribution in [0.3, 0.4) is 0 Å². The molecule has 142 valence electrons. The van der Waals surface area contributed by atoms with Crippen LogP contribution in [0.15, 0.2) is 47.0 Å². The molecule has 2 heterocycles. The number of nitro groups is 1. The fourth-order valence-corrected chi connectivity index (χ4v) is 3.41. The molecule has 0 saturated heterocycles. The molecule has 2 aromatic carbocycles. The molecule has 4 rings (SSSR count). The molecule has 1 aliphatic rings. The summed E-state index contributed by atoms with van der Waals surface area (Å²) in [5.74, 6) is 0.0514. The summed E-state index contributed by atoms with van der Waals surface area (Å²) in [6, 6.07) is 10.3. The van der Waals surface area contributed by atoms with E-state index in [1.807, 2.05) is 0 Å². The Morgan fingerprint density at radius 3 is 2.68 bits per heavy atom. The van der Waals surface area contributed by atoms with Crippen molar-refractivity contribution in [2.24, 2.45) is 0 Å². The lowest BCUT2D eigenvalue weighted by atomic mass is 10.00. The molecule has 1 aliphatic heterocycles. The monoisotopic (exact) mass is 381 g/mol. The van der Waals surface area contributed by atoms with Crippen molar-refractivity contribution in [1.82, 2.24) is 10.1 Å². The summed E-state index contributed by atoms with van der Waals surface area (Å²) in [6.07, 6.45) is 0.559. The summed E-state index contributed by atoms with van der Waals surface area (Å²) in [7, 11) is 0. The number of fused-ring (bicyclic) bond motifs is 1. The number of carbonyl (C=O) groups is 1. The molecule has 0 atom stereocenters. The van der Waals surface area contributed by atoms with Crippen molar-refractivity contribution in [3.8, 4) is 11.3 Å². The van der Waals surface area contributed by atoms with Gasteiger partial charge in [-0.2, -0.15) is 0 Å². The Labute approximate surface area is 159 Å². The molecule has 0 unspecified atom stereocenters. The molecule has 3 aromatic rings. The highest BCUT2D eigenvalue weighted by atomic mass is 19.1. The Balaban J connectivity index is 1.56. The topological polar surface area (TPSA) is 89.5 Å². The maximum absolute atomic E-state index is 13.1. The first-order valence-corrected chi connectivity index (χ1v) is 8.71. The van der Waals surface area contributed by atoms with E-state index < -0.39 is 4.92 Å². The van der Waals surface area contributed by atoms with Crippen molar-refractivity contribution in [1.29, 1.82) is 0 Å². The second-order valence-corrected chi connectivity index (χ2v) is 6.68. The summed E-state index contributed by atoms with van der Waals surface area (Å²) in [5, 5.41) is 15.0. The number of rotatable bonds is 3. The third kappa shape index (κ3) is 3.13. The number of amides is 1. The van der Waals surface area contributed by atoms with Gasteiger partial charge >= 0.3 is 0 Å². The average Bonchev–Trinajstić information content (AvgIpc) is 3.11. The Morgan fingerprint density at radius 1 is 1.25 bits per heavy atom. The number of benzene rings is 2. The fraction of sp³-hybridized carbons (Fsp3) is 0.200. The number of nitrogens with zero attached hydrogens (tertiary/aromatic N) is 3. The molecular weight excluding hydrogens is 365 g/mol. The van der Waals surface area contributed by atoms with E-state index in [0.29, 0.717) is 35.5 Å². The van der Waals surface area contributed by atoms with Gasteiger partial charge < -0.3 is 9.42 Å². The Kier molecular flexibility index (Phi) is 4.38. The summed E-state index contributed by atoms with van der Waals surface area (Å²) < 4.78 is 18.6. The van der Waals surface area contributed by atoms with E-state index in [-0.39, 0.29) is 24.0 Å². The number of aromatic nitrogens is 1. The molecule has 1 aromatic heterocycles. The zero-order valence-corrected chi connectivity index (χ0v) is 15.0. The van der Waals surface area contributed by atoms with Crippen LogP contribution in [0.1, 0.15) is 27.2 Å². The van der Waals surface area contributed by atoms with Crippen molar-refractivity contribution >= 4 is 11.6 Å². The molecular formula is C20H16FN3O4. The predicted octanol–water partition coefficient (Wildman–Crippen LogP) is 3.90. The van der Waals surface area contributed by atoms with E-state index in [9.17, 15) is 19.3 Å². The first kappa shape index (κ1) is 17.8. The highest BCUT2D eigenvalue weighted by Gasteiger charge is 2.28. The molecule has 0 aliphatic carbocycles. The third-order valence-corrected chi connectivity index (χ3v) is 4.88. The van der Waals surface area contributed by atoms with Gasteiger partial charge in [0, 0.05) is 34.9 Å². The van der Waals surface area contributed by atoms with Crippen molar-refractivity contribution in [3.05, 3.63) is 80.8 Å². The number of nitro benzene ring substituents is 1. The maximum atomic E-state index is 13.1. The summed E-state index contributed by atoms with van der Waals surface area (Å²) in [5.41, 5.74) is 3.13. The maximum Gasteiger partial charge on any atom is 0.272 e. The quantitative estimate of drug-likeness (QED) is 0.507. The molecule has 7 nitrogen and oxygen atoms in total. The van der Waals surface area contributed by atoms with Crippen molar-refractivity contribution in [2.45, 2.75) is 19.9 Å². The largest absolute Gasteiger partial charge is 0.356 e. The van der Waals surface area contributed by atoms with E-state index in [4.69, 9.17) is 4.52 Å². The second kappa shape index (κ2) is 6.88. The van der Waals surface area contributed by atoms with Crippen LogP contribution in [0.5, 0.6) is 0 Å². The standard InChI is InChI=1S/C20H16FN3O4/c1-12-10-14(4-7-18(12)24(26)27)20(25)23-9-8-16-17(11-23)22-28-19(16)13-2-5-15(21)6-3-13/h2-7,10H,8-9,11H2,1H3. The summed E-state index contributed by atoms with van der Waals surface area (Å²) >= 11 is 0. The van der Waals surface area contributed by atoms with E-state index >= 15 is 0 Å². The highest BCUT2D eigenvalue weighted by molar-refractivity contribution is 5.95. The lowest BCUT2D eigenvalue weighted by Crippen LogP contribution is -2.36. The van der Waals surface area contributed by atoms with E-state index in [1.165, 1.54) is 30.3 Å². The molecule has 28 heavy (non-hydrogen) atoms. The smallest absolute Gasteiger partial charge is 0.272 e. The van der Waals surface area contributed by atoms with Gasteiger partial charge in [-0.05, 0) is 49.7 Å². The van der Waals surface area contributed by atoms with Gasteiger partial charge in [0.25, 0.3) is 11.6 Å². The van der Waals surface area contributed by atoms with Crippen LogP contribution in [0, 0.1) is 22.9 Å². The molecule has 8 heteroatoms. The van der Waals surface area contributed by atoms with Crippen molar-refractivity contribution < 1.29 is 18.6 Å². The zero-order valence-electron chi connectivity index (χ0n) is 15.0. The van der Waals surface area contributed by atoms with Gasteiger partial charge in [0.15, 0.2) is 5.76 Å². The van der Waals surface area contributed by atoms with Crippen LogP contribution in [0.25, 0.3) is 11.3 Å².